The van der Waals surface area contributed by atoms with Crippen molar-refractivity contribution in [1.29, 1.82) is 0 Å². The Balaban J connectivity index is 2.08. The van der Waals surface area contributed by atoms with Crippen molar-refractivity contribution in [2.24, 2.45) is 5.41 Å². The Morgan fingerprint density at radius 2 is 1.68 bits per heavy atom. The van der Waals surface area contributed by atoms with E-state index in [1.807, 2.05) is 6.92 Å². The standard InChI is InChI=1S/C17H24O2/c1-4-19-15(18)17(3)12-10-16(2,11-13-17)14-8-6-5-7-9-14/h5-9H,4,10-13H2,1-3H3. The van der Waals surface area contributed by atoms with Crippen LogP contribution in [0.3, 0.4) is 0 Å². The maximum atomic E-state index is 12.0. The van der Waals surface area contributed by atoms with Crippen LogP contribution < -0.4 is 0 Å². The van der Waals surface area contributed by atoms with E-state index in [2.05, 4.69) is 44.2 Å². The van der Waals surface area contributed by atoms with E-state index in [-0.39, 0.29) is 16.8 Å². The number of carbonyl (C=O) groups is 1. The molecule has 2 nitrogen and oxygen atoms in total. The van der Waals surface area contributed by atoms with Gasteiger partial charge in [0.05, 0.1) is 12.0 Å². The molecule has 104 valence electrons. The SMILES string of the molecule is CCOC(=O)C1(C)CCC(C)(c2ccccc2)CC1. The third-order valence-electron chi connectivity index (χ3n) is 4.70. The molecule has 1 aliphatic rings. The van der Waals surface area contributed by atoms with Gasteiger partial charge in [0.15, 0.2) is 0 Å². The van der Waals surface area contributed by atoms with Gasteiger partial charge in [-0.3, -0.25) is 4.79 Å². The summed E-state index contributed by atoms with van der Waals surface area (Å²) >= 11 is 0. The van der Waals surface area contributed by atoms with E-state index in [0.717, 1.165) is 25.7 Å². The van der Waals surface area contributed by atoms with Crippen molar-refractivity contribution in [3.8, 4) is 0 Å². The Hall–Kier alpha value is -1.31. The molecule has 0 N–H and O–H groups in total. The molecule has 0 radical (unpaired) electrons. The van der Waals surface area contributed by atoms with Gasteiger partial charge in [-0.05, 0) is 50.5 Å². The molecule has 0 bridgehead atoms. The number of benzene rings is 1. The van der Waals surface area contributed by atoms with Gasteiger partial charge in [0, 0.05) is 0 Å². The van der Waals surface area contributed by atoms with E-state index < -0.39 is 0 Å². The van der Waals surface area contributed by atoms with Crippen LogP contribution in [0.15, 0.2) is 30.3 Å². The Kier molecular flexibility index (Phi) is 3.98. The molecule has 1 fully saturated rings. The first-order valence-electron chi connectivity index (χ1n) is 7.23. The molecule has 0 saturated heterocycles. The topological polar surface area (TPSA) is 26.3 Å². The van der Waals surface area contributed by atoms with Crippen LogP contribution in [0.1, 0.15) is 52.0 Å². The molecule has 2 rings (SSSR count). The van der Waals surface area contributed by atoms with Gasteiger partial charge in [-0.25, -0.2) is 0 Å². The van der Waals surface area contributed by atoms with Crippen LogP contribution in [0.5, 0.6) is 0 Å². The lowest BCUT2D eigenvalue weighted by Gasteiger charge is -2.42. The highest BCUT2D eigenvalue weighted by Gasteiger charge is 2.43. The Bertz CT molecular complexity index is 428. The summed E-state index contributed by atoms with van der Waals surface area (Å²) in [7, 11) is 0. The van der Waals surface area contributed by atoms with Crippen molar-refractivity contribution in [2.45, 2.75) is 51.9 Å². The smallest absolute Gasteiger partial charge is 0.311 e. The molecule has 0 spiro atoms. The van der Waals surface area contributed by atoms with Crippen molar-refractivity contribution in [2.75, 3.05) is 6.61 Å². The molecule has 19 heavy (non-hydrogen) atoms. The number of esters is 1. The predicted octanol–water partition coefficient (Wildman–Crippen LogP) is 4.09. The van der Waals surface area contributed by atoms with Gasteiger partial charge in [0.2, 0.25) is 0 Å². The minimum Gasteiger partial charge on any atom is -0.466 e. The van der Waals surface area contributed by atoms with Gasteiger partial charge >= 0.3 is 5.97 Å². The van der Waals surface area contributed by atoms with Crippen molar-refractivity contribution in [1.82, 2.24) is 0 Å². The van der Waals surface area contributed by atoms with Gasteiger partial charge < -0.3 is 4.74 Å². The first kappa shape index (κ1) is 14.1. The lowest BCUT2D eigenvalue weighted by molar-refractivity contribution is -0.157. The fourth-order valence-corrected chi connectivity index (χ4v) is 2.99. The van der Waals surface area contributed by atoms with Gasteiger partial charge in [-0.1, -0.05) is 37.3 Å². The molecular formula is C17H24O2. The summed E-state index contributed by atoms with van der Waals surface area (Å²) in [6, 6.07) is 10.7. The normalized spacial score (nSPS) is 30.9. The largest absolute Gasteiger partial charge is 0.466 e. The van der Waals surface area contributed by atoms with E-state index >= 15 is 0 Å². The zero-order chi connectivity index (χ0) is 13.9. The Labute approximate surface area is 116 Å². The summed E-state index contributed by atoms with van der Waals surface area (Å²) in [6.07, 6.45) is 3.92. The number of ether oxygens (including phenoxy) is 1. The number of hydrogen-bond donors (Lipinski definition) is 0. The Morgan fingerprint density at radius 3 is 2.21 bits per heavy atom. The van der Waals surface area contributed by atoms with Crippen LogP contribution in [0, 0.1) is 5.41 Å². The summed E-state index contributed by atoms with van der Waals surface area (Å²) in [5, 5.41) is 0. The minimum absolute atomic E-state index is 0.0230. The van der Waals surface area contributed by atoms with Crippen LogP contribution in [0.2, 0.25) is 0 Å². The van der Waals surface area contributed by atoms with Gasteiger partial charge in [-0.2, -0.15) is 0 Å². The first-order chi connectivity index (χ1) is 9.00. The molecule has 0 aromatic heterocycles. The van der Waals surface area contributed by atoms with Gasteiger partial charge in [0.1, 0.15) is 0 Å². The lowest BCUT2D eigenvalue weighted by Crippen LogP contribution is -2.39. The maximum Gasteiger partial charge on any atom is 0.311 e. The monoisotopic (exact) mass is 260 g/mol. The predicted molar refractivity (Wildman–Crippen MR) is 77.0 cm³/mol. The van der Waals surface area contributed by atoms with Crippen LogP contribution in [-0.4, -0.2) is 12.6 Å². The molecule has 1 aromatic rings. The molecule has 1 aliphatic carbocycles. The second kappa shape index (κ2) is 5.36. The highest BCUT2D eigenvalue weighted by molar-refractivity contribution is 5.76. The molecule has 2 heteroatoms. The summed E-state index contributed by atoms with van der Waals surface area (Å²) in [4.78, 5) is 12.0. The minimum atomic E-state index is -0.287. The number of rotatable bonds is 3. The Morgan fingerprint density at radius 1 is 1.11 bits per heavy atom. The van der Waals surface area contributed by atoms with E-state index in [1.54, 1.807) is 0 Å². The van der Waals surface area contributed by atoms with Gasteiger partial charge in [-0.15, -0.1) is 0 Å². The molecule has 0 atom stereocenters. The highest BCUT2D eigenvalue weighted by atomic mass is 16.5. The van der Waals surface area contributed by atoms with E-state index in [4.69, 9.17) is 4.74 Å². The van der Waals surface area contributed by atoms with Crippen molar-refractivity contribution in [3.05, 3.63) is 35.9 Å². The van der Waals surface area contributed by atoms with E-state index in [0.29, 0.717) is 6.61 Å². The van der Waals surface area contributed by atoms with Crippen LogP contribution in [0.4, 0.5) is 0 Å². The van der Waals surface area contributed by atoms with Crippen LogP contribution >= 0.6 is 0 Å². The second-order valence-electron chi connectivity index (χ2n) is 6.21. The third-order valence-corrected chi connectivity index (χ3v) is 4.70. The molecular weight excluding hydrogens is 236 g/mol. The van der Waals surface area contributed by atoms with Crippen LogP contribution in [-0.2, 0) is 14.9 Å². The zero-order valence-electron chi connectivity index (χ0n) is 12.2. The summed E-state index contributed by atoms with van der Waals surface area (Å²) in [6.45, 7) is 6.71. The number of carbonyl (C=O) groups excluding carboxylic acids is 1. The summed E-state index contributed by atoms with van der Waals surface area (Å²) < 4.78 is 5.22. The highest BCUT2D eigenvalue weighted by Crippen LogP contribution is 2.47. The molecule has 0 heterocycles. The molecule has 1 aromatic carbocycles. The third kappa shape index (κ3) is 2.83. The molecule has 0 unspecified atom stereocenters. The van der Waals surface area contributed by atoms with E-state index in [9.17, 15) is 4.79 Å². The fraction of sp³-hybridized carbons (Fsp3) is 0.588. The second-order valence-corrected chi connectivity index (χ2v) is 6.21. The lowest BCUT2D eigenvalue weighted by atomic mass is 9.63. The summed E-state index contributed by atoms with van der Waals surface area (Å²) in [5.74, 6) is -0.0230. The zero-order valence-corrected chi connectivity index (χ0v) is 12.2. The molecule has 0 amide bonds. The van der Waals surface area contributed by atoms with Gasteiger partial charge in [0.25, 0.3) is 0 Å². The maximum absolute atomic E-state index is 12.0. The fourth-order valence-electron chi connectivity index (χ4n) is 2.99. The van der Waals surface area contributed by atoms with Crippen molar-refractivity contribution >= 4 is 5.97 Å². The average Bonchev–Trinajstić information content (AvgIpc) is 2.44. The van der Waals surface area contributed by atoms with Crippen molar-refractivity contribution < 1.29 is 9.53 Å². The molecule has 1 saturated carbocycles. The first-order valence-corrected chi connectivity index (χ1v) is 7.23. The van der Waals surface area contributed by atoms with Crippen LogP contribution in [0.25, 0.3) is 0 Å². The summed E-state index contributed by atoms with van der Waals surface area (Å²) in [5.41, 5.74) is 1.30. The molecule has 0 aliphatic heterocycles. The quantitative estimate of drug-likeness (QED) is 0.765. The van der Waals surface area contributed by atoms with E-state index in [1.165, 1.54) is 5.56 Å². The number of hydrogen-bond acceptors (Lipinski definition) is 2. The average molecular weight is 260 g/mol. The van der Waals surface area contributed by atoms with Crippen molar-refractivity contribution in [3.63, 3.8) is 0 Å².